The van der Waals surface area contributed by atoms with E-state index >= 15 is 0 Å². The van der Waals surface area contributed by atoms with Crippen LogP contribution in [0.15, 0.2) is 18.3 Å². The van der Waals surface area contributed by atoms with Crippen molar-refractivity contribution in [3.63, 3.8) is 0 Å². The molecule has 0 amide bonds. The van der Waals surface area contributed by atoms with Crippen molar-refractivity contribution in [3.8, 4) is 5.75 Å². The zero-order chi connectivity index (χ0) is 12.5. The van der Waals surface area contributed by atoms with E-state index in [-0.39, 0.29) is 6.61 Å². The Morgan fingerprint density at radius 1 is 1.44 bits per heavy atom. The topological polar surface area (TPSA) is 60.2 Å². The molecule has 3 rings (SSSR count). The van der Waals surface area contributed by atoms with Gasteiger partial charge in [-0.25, -0.2) is 4.68 Å². The van der Waals surface area contributed by atoms with Crippen LogP contribution in [0.3, 0.4) is 0 Å². The second-order valence-electron chi connectivity index (χ2n) is 4.22. The standard InChI is InChI=1S/C12H12ClN3O2/c13-10-3-8-1-2-18-12(8)9(4-10)5-16-6-11(7-17)14-15-16/h3-4,6,17H,1-2,5,7H2. The van der Waals surface area contributed by atoms with E-state index in [4.69, 9.17) is 21.4 Å². The molecule has 1 N–H and O–H groups in total. The summed E-state index contributed by atoms with van der Waals surface area (Å²) in [5, 5.41) is 17.4. The summed E-state index contributed by atoms with van der Waals surface area (Å²) in [5.74, 6) is 0.903. The minimum Gasteiger partial charge on any atom is -0.493 e. The van der Waals surface area contributed by atoms with E-state index in [9.17, 15) is 0 Å². The van der Waals surface area contributed by atoms with Crippen LogP contribution in [0.4, 0.5) is 0 Å². The second-order valence-corrected chi connectivity index (χ2v) is 4.65. The fraction of sp³-hybridized carbons (Fsp3) is 0.333. The minimum absolute atomic E-state index is 0.107. The molecule has 1 aliphatic rings. The van der Waals surface area contributed by atoms with Crippen LogP contribution in [0.5, 0.6) is 5.75 Å². The first-order valence-electron chi connectivity index (χ1n) is 5.70. The molecule has 5 nitrogen and oxygen atoms in total. The molecule has 0 saturated carbocycles. The molecular formula is C12H12ClN3O2. The maximum absolute atomic E-state index is 8.95. The molecule has 2 heterocycles. The van der Waals surface area contributed by atoms with Crippen molar-refractivity contribution in [2.75, 3.05) is 6.61 Å². The van der Waals surface area contributed by atoms with Crippen LogP contribution in [0.2, 0.25) is 5.02 Å². The molecule has 18 heavy (non-hydrogen) atoms. The minimum atomic E-state index is -0.107. The third-order valence-electron chi connectivity index (χ3n) is 2.91. The normalized spacial score (nSPS) is 13.4. The Bertz CT molecular complexity index is 583. The average molecular weight is 266 g/mol. The third-order valence-corrected chi connectivity index (χ3v) is 3.12. The number of aromatic nitrogens is 3. The molecule has 0 fully saturated rings. The van der Waals surface area contributed by atoms with Crippen molar-refractivity contribution in [1.82, 2.24) is 15.0 Å². The zero-order valence-corrected chi connectivity index (χ0v) is 10.4. The highest BCUT2D eigenvalue weighted by molar-refractivity contribution is 6.30. The van der Waals surface area contributed by atoms with Gasteiger partial charge in [0.25, 0.3) is 0 Å². The smallest absolute Gasteiger partial charge is 0.127 e. The quantitative estimate of drug-likeness (QED) is 0.912. The molecule has 94 valence electrons. The van der Waals surface area contributed by atoms with E-state index in [2.05, 4.69) is 10.3 Å². The fourth-order valence-electron chi connectivity index (χ4n) is 2.13. The highest BCUT2D eigenvalue weighted by Crippen LogP contribution is 2.33. The number of ether oxygens (including phenoxy) is 1. The largest absolute Gasteiger partial charge is 0.493 e. The Hall–Kier alpha value is -1.59. The molecule has 1 aromatic carbocycles. The van der Waals surface area contributed by atoms with Crippen LogP contribution >= 0.6 is 11.6 Å². The van der Waals surface area contributed by atoms with Gasteiger partial charge in [-0.15, -0.1) is 5.10 Å². The molecule has 2 aromatic rings. The lowest BCUT2D eigenvalue weighted by molar-refractivity contribution is 0.276. The number of rotatable bonds is 3. The summed E-state index contributed by atoms with van der Waals surface area (Å²) in [6.45, 7) is 1.13. The van der Waals surface area contributed by atoms with E-state index in [1.807, 2.05) is 12.1 Å². The van der Waals surface area contributed by atoms with E-state index in [1.165, 1.54) is 0 Å². The summed E-state index contributed by atoms with van der Waals surface area (Å²) in [6, 6.07) is 3.82. The Kier molecular flexibility index (Phi) is 2.93. The van der Waals surface area contributed by atoms with Crippen LogP contribution in [0.25, 0.3) is 0 Å². The SMILES string of the molecule is OCc1cn(Cc2cc(Cl)cc3c2OCC3)nn1. The third kappa shape index (κ3) is 2.07. The van der Waals surface area contributed by atoms with Gasteiger partial charge in [-0.2, -0.15) is 0 Å². The highest BCUT2D eigenvalue weighted by atomic mass is 35.5. The fourth-order valence-corrected chi connectivity index (χ4v) is 2.39. The number of fused-ring (bicyclic) bond motifs is 1. The first-order valence-corrected chi connectivity index (χ1v) is 6.08. The predicted molar refractivity (Wildman–Crippen MR) is 65.7 cm³/mol. The Labute approximate surface area is 109 Å². The van der Waals surface area contributed by atoms with E-state index in [0.717, 1.165) is 23.3 Å². The number of aliphatic hydroxyl groups is 1. The van der Waals surface area contributed by atoms with Gasteiger partial charge in [-0.05, 0) is 17.7 Å². The van der Waals surface area contributed by atoms with E-state index in [1.54, 1.807) is 10.9 Å². The second kappa shape index (κ2) is 4.59. The van der Waals surface area contributed by atoms with Gasteiger partial charge in [-0.3, -0.25) is 0 Å². The lowest BCUT2D eigenvalue weighted by atomic mass is 10.1. The van der Waals surface area contributed by atoms with Crippen LogP contribution < -0.4 is 4.74 Å². The first kappa shape index (κ1) is 11.5. The Morgan fingerprint density at radius 2 is 2.33 bits per heavy atom. The maximum atomic E-state index is 8.95. The molecule has 6 heteroatoms. The summed E-state index contributed by atoms with van der Waals surface area (Å²) in [5.41, 5.74) is 2.68. The summed E-state index contributed by atoms with van der Waals surface area (Å²) in [7, 11) is 0. The van der Waals surface area contributed by atoms with Gasteiger partial charge >= 0.3 is 0 Å². The van der Waals surface area contributed by atoms with Crippen LogP contribution in [-0.4, -0.2) is 26.7 Å². The molecular weight excluding hydrogens is 254 g/mol. The number of hydrogen-bond acceptors (Lipinski definition) is 4. The van der Waals surface area contributed by atoms with Gasteiger partial charge in [0.1, 0.15) is 11.4 Å². The number of hydrogen-bond donors (Lipinski definition) is 1. The van der Waals surface area contributed by atoms with Gasteiger partial charge in [0, 0.05) is 17.0 Å². The number of benzene rings is 1. The maximum Gasteiger partial charge on any atom is 0.127 e. The molecule has 0 radical (unpaired) electrons. The zero-order valence-electron chi connectivity index (χ0n) is 9.64. The van der Waals surface area contributed by atoms with Crippen LogP contribution in [0, 0.1) is 0 Å². The van der Waals surface area contributed by atoms with Crippen LogP contribution in [0.1, 0.15) is 16.8 Å². The molecule has 0 atom stereocenters. The molecule has 1 aromatic heterocycles. The van der Waals surface area contributed by atoms with Gasteiger partial charge in [0.15, 0.2) is 0 Å². The van der Waals surface area contributed by atoms with Crippen LogP contribution in [-0.2, 0) is 19.6 Å². The lowest BCUT2D eigenvalue weighted by Crippen LogP contribution is -2.02. The van der Waals surface area contributed by atoms with E-state index < -0.39 is 0 Å². The van der Waals surface area contributed by atoms with Gasteiger partial charge in [0.2, 0.25) is 0 Å². The predicted octanol–water partition coefficient (Wildman–Crippen LogP) is 1.41. The Balaban J connectivity index is 1.92. The molecule has 0 bridgehead atoms. The summed E-state index contributed by atoms with van der Waals surface area (Å²) < 4.78 is 7.29. The number of nitrogens with zero attached hydrogens (tertiary/aromatic N) is 3. The van der Waals surface area contributed by atoms with Gasteiger partial charge in [0.05, 0.1) is 26.0 Å². The lowest BCUT2D eigenvalue weighted by Gasteiger charge is -2.08. The monoisotopic (exact) mass is 265 g/mol. The molecule has 0 saturated heterocycles. The van der Waals surface area contributed by atoms with Crippen molar-refractivity contribution >= 4 is 11.6 Å². The number of aliphatic hydroxyl groups excluding tert-OH is 1. The molecule has 1 aliphatic heterocycles. The molecule has 0 unspecified atom stereocenters. The number of halogens is 1. The van der Waals surface area contributed by atoms with Gasteiger partial charge in [-0.1, -0.05) is 16.8 Å². The van der Waals surface area contributed by atoms with Crippen molar-refractivity contribution in [1.29, 1.82) is 0 Å². The Morgan fingerprint density at radius 3 is 3.11 bits per heavy atom. The van der Waals surface area contributed by atoms with Crippen molar-refractivity contribution < 1.29 is 9.84 Å². The first-order chi connectivity index (χ1) is 8.76. The molecule has 0 aliphatic carbocycles. The summed E-state index contributed by atoms with van der Waals surface area (Å²) in [4.78, 5) is 0. The highest BCUT2D eigenvalue weighted by Gasteiger charge is 2.18. The average Bonchev–Trinajstić information content (AvgIpc) is 2.97. The van der Waals surface area contributed by atoms with Gasteiger partial charge < -0.3 is 9.84 Å². The molecule has 0 spiro atoms. The summed E-state index contributed by atoms with van der Waals surface area (Å²) in [6.07, 6.45) is 2.60. The van der Waals surface area contributed by atoms with Crippen molar-refractivity contribution in [2.45, 2.75) is 19.6 Å². The van der Waals surface area contributed by atoms with Crippen molar-refractivity contribution in [2.24, 2.45) is 0 Å². The van der Waals surface area contributed by atoms with E-state index in [0.29, 0.717) is 23.9 Å². The summed E-state index contributed by atoms with van der Waals surface area (Å²) >= 11 is 6.09. The van der Waals surface area contributed by atoms with Crippen molar-refractivity contribution in [3.05, 3.63) is 40.2 Å².